The van der Waals surface area contributed by atoms with Gasteiger partial charge in [0.1, 0.15) is 17.1 Å². The van der Waals surface area contributed by atoms with Crippen LogP contribution < -0.4 is 25.1 Å². The summed E-state index contributed by atoms with van der Waals surface area (Å²) in [6.07, 6.45) is 4.83. The van der Waals surface area contributed by atoms with E-state index in [9.17, 15) is 9.59 Å². The number of hydrogen-bond acceptors (Lipinski definition) is 9. The van der Waals surface area contributed by atoms with Crippen LogP contribution in [0.5, 0.6) is 23.0 Å². The fraction of sp³-hybridized carbons (Fsp3) is 0.212. The van der Waals surface area contributed by atoms with Crippen LogP contribution in [0.2, 0.25) is 0 Å². The predicted octanol–water partition coefficient (Wildman–Crippen LogP) is 5.13. The van der Waals surface area contributed by atoms with E-state index in [1.54, 1.807) is 76.3 Å². The van der Waals surface area contributed by atoms with Gasteiger partial charge in [0.25, 0.3) is 5.56 Å². The van der Waals surface area contributed by atoms with Crippen molar-refractivity contribution in [2.24, 2.45) is 0 Å². The van der Waals surface area contributed by atoms with Crippen molar-refractivity contribution < 1.29 is 23.7 Å². The molecule has 43 heavy (non-hydrogen) atoms. The lowest BCUT2D eigenvalue weighted by atomic mass is 10.1. The van der Waals surface area contributed by atoms with Crippen LogP contribution in [0.1, 0.15) is 21.6 Å². The third-order valence-electron chi connectivity index (χ3n) is 6.84. The first-order chi connectivity index (χ1) is 21.0. The highest BCUT2D eigenvalue weighted by Gasteiger charge is 2.20. The summed E-state index contributed by atoms with van der Waals surface area (Å²) in [7, 11) is 4.73. The lowest BCUT2D eigenvalue weighted by Gasteiger charge is -2.14. The number of carbonyl (C=O) groups is 1. The Bertz CT molecular complexity index is 1770. The Balaban J connectivity index is 1.37. The number of hydrogen-bond donors (Lipinski definition) is 1. The second-order valence-corrected chi connectivity index (χ2v) is 9.66. The highest BCUT2D eigenvalue weighted by atomic mass is 16.5. The molecule has 3 heterocycles. The van der Waals surface area contributed by atoms with Crippen LogP contribution in [-0.4, -0.2) is 54.8 Å². The third-order valence-corrected chi connectivity index (χ3v) is 6.84. The van der Waals surface area contributed by atoms with E-state index in [4.69, 9.17) is 18.9 Å². The van der Waals surface area contributed by atoms with Crippen LogP contribution >= 0.6 is 0 Å². The molecule has 0 fully saturated rings. The van der Waals surface area contributed by atoms with Crippen LogP contribution in [0.3, 0.4) is 0 Å². The van der Waals surface area contributed by atoms with Gasteiger partial charge in [-0.25, -0.2) is 0 Å². The van der Waals surface area contributed by atoms with E-state index < -0.39 is 0 Å². The molecule has 0 saturated carbocycles. The molecule has 0 bridgehead atoms. The molecule has 2 aromatic carbocycles. The number of nitrogens with one attached hydrogen (secondary N) is 1. The number of fused-ring (bicyclic) bond motifs is 1. The standard InChI is InChI=1S/C33H32N4O6/c1-40-16-14-35-26-12-15-37(21-22-7-5-4-6-8-22)33(39)32(26)28(38)17-23-9-10-24(20-36-23)43-29-11-13-34-27-19-31(42-3)30(41-2)18-25(27)29/h4-13,15,18-20,35H,14,16-17,21H2,1-3H3. The summed E-state index contributed by atoms with van der Waals surface area (Å²) < 4.78 is 23.6. The van der Waals surface area contributed by atoms with Gasteiger partial charge >= 0.3 is 0 Å². The van der Waals surface area contributed by atoms with Crippen molar-refractivity contribution in [3.05, 3.63) is 112 Å². The summed E-state index contributed by atoms with van der Waals surface area (Å²) >= 11 is 0. The monoisotopic (exact) mass is 580 g/mol. The second-order valence-electron chi connectivity index (χ2n) is 9.66. The number of carbonyl (C=O) groups excluding carboxylic acids is 1. The van der Waals surface area contributed by atoms with E-state index in [0.717, 1.165) is 10.9 Å². The molecule has 1 N–H and O–H groups in total. The van der Waals surface area contributed by atoms with Gasteiger partial charge in [0.05, 0.1) is 51.2 Å². The van der Waals surface area contributed by atoms with Crippen LogP contribution in [0, 0.1) is 0 Å². The maximum atomic E-state index is 13.5. The minimum atomic E-state index is -0.368. The number of ether oxygens (including phenoxy) is 4. The Hall–Kier alpha value is -5.22. The van der Waals surface area contributed by atoms with Crippen molar-refractivity contribution in [1.29, 1.82) is 0 Å². The summed E-state index contributed by atoms with van der Waals surface area (Å²) in [5.74, 6) is 1.82. The quantitative estimate of drug-likeness (QED) is 0.149. The number of ketones is 1. The first-order valence-electron chi connectivity index (χ1n) is 13.7. The zero-order chi connectivity index (χ0) is 30.2. The van der Waals surface area contributed by atoms with E-state index in [2.05, 4.69) is 15.3 Å². The summed E-state index contributed by atoms with van der Waals surface area (Å²) in [6.45, 7) is 1.23. The molecule has 0 aliphatic rings. The zero-order valence-corrected chi connectivity index (χ0v) is 24.2. The van der Waals surface area contributed by atoms with E-state index in [1.165, 1.54) is 4.57 Å². The van der Waals surface area contributed by atoms with Gasteiger partial charge in [0.15, 0.2) is 17.3 Å². The number of rotatable bonds is 13. The Morgan fingerprint density at radius 1 is 0.907 bits per heavy atom. The highest BCUT2D eigenvalue weighted by Crippen LogP contribution is 2.36. The number of nitrogens with zero attached hydrogens (tertiary/aromatic N) is 3. The van der Waals surface area contributed by atoms with Gasteiger partial charge in [0, 0.05) is 43.2 Å². The number of pyridine rings is 3. The van der Waals surface area contributed by atoms with Crippen molar-refractivity contribution in [1.82, 2.24) is 14.5 Å². The Morgan fingerprint density at radius 2 is 1.70 bits per heavy atom. The molecule has 10 nitrogen and oxygen atoms in total. The highest BCUT2D eigenvalue weighted by molar-refractivity contribution is 6.01. The first kappa shape index (κ1) is 29.3. The molecule has 0 aliphatic carbocycles. The van der Waals surface area contributed by atoms with Crippen molar-refractivity contribution in [2.45, 2.75) is 13.0 Å². The van der Waals surface area contributed by atoms with Gasteiger partial charge in [0.2, 0.25) is 0 Å². The van der Waals surface area contributed by atoms with Crippen molar-refractivity contribution in [2.75, 3.05) is 39.8 Å². The molecule has 0 aliphatic heterocycles. The topological polar surface area (TPSA) is 114 Å². The molecule has 0 spiro atoms. The van der Waals surface area contributed by atoms with Crippen LogP contribution in [0.4, 0.5) is 5.69 Å². The fourth-order valence-electron chi connectivity index (χ4n) is 4.68. The predicted molar refractivity (Wildman–Crippen MR) is 164 cm³/mol. The molecule has 0 unspecified atom stereocenters. The molecule has 0 amide bonds. The maximum Gasteiger partial charge on any atom is 0.263 e. The SMILES string of the molecule is COCCNc1ccn(Cc2ccccc2)c(=O)c1C(=O)Cc1ccc(Oc2ccnc3cc(OC)c(OC)cc23)cn1. The number of anilines is 1. The lowest BCUT2D eigenvalue weighted by Crippen LogP contribution is -2.29. The molecule has 5 aromatic rings. The van der Waals surface area contributed by atoms with Crippen LogP contribution in [-0.2, 0) is 17.7 Å². The smallest absolute Gasteiger partial charge is 0.263 e. The molecule has 5 rings (SSSR count). The van der Waals surface area contributed by atoms with Crippen molar-refractivity contribution in [3.63, 3.8) is 0 Å². The molecule has 0 atom stereocenters. The second kappa shape index (κ2) is 13.6. The molecule has 10 heteroatoms. The summed E-state index contributed by atoms with van der Waals surface area (Å²) in [5.41, 5.74) is 2.33. The normalized spacial score (nSPS) is 10.9. The van der Waals surface area contributed by atoms with Gasteiger partial charge in [-0.05, 0) is 35.9 Å². The van der Waals surface area contributed by atoms with E-state index in [0.29, 0.717) is 59.6 Å². The van der Waals surface area contributed by atoms with Crippen molar-refractivity contribution in [3.8, 4) is 23.0 Å². The largest absolute Gasteiger partial charge is 0.493 e. The maximum absolute atomic E-state index is 13.5. The summed E-state index contributed by atoms with van der Waals surface area (Å²) in [5, 5.41) is 3.90. The zero-order valence-electron chi connectivity index (χ0n) is 24.2. The number of benzene rings is 2. The first-order valence-corrected chi connectivity index (χ1v) is 13.7. The average Bonchev–Trinajstić information content (AvgIpc) is 3.03. The summed E-state index contributed by atoms with van der Waals surface area (Å²) in [4.78, 5) is 35.9. The van der Waals surface area contributed by atoms with Gasteiger partial charge in [-0.1, -0.05) is 30.3 Å². The minimum Gasteiger partial charge on any atom is -0.493 e. The van der Waals surface area contributed by atoms with Gasteiger partial charge in [-0.3, -0.25) is 19.6 Å². The van der Waals surface area contributed by atoms with Gasteiger partial charge in [-0.2, -0.15) is 0 Å². The Morgan fingerprint density at radius 3 is 2.42 bits per heavy atom. The average molecular weight is 581 g/mol. The third kappa shape index (κ3) is 6.82. The van der Waals surface area contributed by atoms with E-state index >= 15 is 0 Å². The van der Waals surface area contributed by atoms with Gasteiger partial charge < -0.3 is 28.8 Å². The fourth-order valence-corrected chi connectivity index (χ4v) is 4.68. The number of Topliss-reactive ketones (excluding diaryl/α,β-unsaturated/α-hetero) is 1. The molecule has 0 radical (unpaired) electrons. The Kier molecular flexibility index (Phi) is 9.28. The van der Waals surface area contributed by atoms with Crippen LogP contribution in [0.25, 0.3) is 10.9 Å². The van der Waals surface area contributed by atoms with E-state index in [1.807, 2.05) is 30.3 Å². The molecule has 0 saturated heterocycles. The lowest BCUT2D eigenvalue weighted by molar-refractivity contribution is 0.0990. The van der Waals surface area contributed by atoms with Gasteiger partial charge in [-0.15, -0.1) is 0 Å². The molecule has 220 valence electrons. The summed E-state index contributed by atoms with van der Waals surface area (Å²) in [6, 6.07) is 20.2. The number of aromatic nitrogens is 3. The molecular weight excluding hydrogens is 548 g/mol. The Labute approximate surface area is 248 Å². The minimum absolute atomic E-state index is 0.0565. The van der Waals surface area contributed by atoms with Crippen molar-refractivity contribution >= 4 is 22.4 Å². The van der Waals surface area contributed by atoms with Crippen LogP contribution in [0.15, 0.2) is 90.1 Å². The number of methoxy groups -OCH3 is 3. The molecular formula is C33H32N4O6. The molecule has 3 aromatic heterocycles. The van der Waals surface area contributed by atoms with E-state index in [-0.39, 0.29) is 23.3 Å².